The first-order valence-corrected chi connectivity index (χ1v) is 12.5. The second-order valence-corrected chi connectivity index (χ2v) is 9.65. The molecular weight excluding hydrogens is 490 g/mol. The summed E-state index contributed by atoms with van der Waals surface area (Å²) in [6, 6.07) is 2.65. The Morgan fingerprint density at radius 1 is 1.34 bits per heavy atom. The Morgan fingerprint density at radius 2 is 2.11 bits per heavy atom. The Morgan fingerprint density at radius 3 is 2.80 bits per heavy atom. The summed E-state index contributed by atoms with van der Waals surface area (Å²) in [7, 11) is 0. The SMILES string of the molecule is CCOC(=O)CC1C(=O)NCCN1c1nc2c(C)cccn2c(=O)c1/C=C1\SC(=S)N(CC)C1=O. The predicted molar refractivity (Wildman–Crippen MR) is 137 cm³/mol. The van der Waals surface area contributed by atoms with Crippen molar-refractivity contribution in [1.82, 2.24) is 19.6 Å². The molecule has 2 saturated heterocycles. The molecule has 0 saturated carbocycles. The number of fused-ring (bicyclic) bond motifs is 1. The normalized spacial score (nSPS) is 19.6. The third-order valence-corrected chi connectivity index (χ3v) is 7.18. The van der Waals surface area contributed by atoms with Gasteiger partial charge in [-0.1, -0.05) is 30.0 Å². The number of nitrogens with zero attached hydrogens (tertiary/aromatic N) is 4. The van der Waals surface area contributed by atoms with Gasteiger partial charge in [0.2, 0.25) is 5.91 Å². The molecular formula is C23H25N5O5S2. The van der Waals surface area contributed by atoms with Gasteiger partial charge in [-0.15, -0.1) is 0 Å². The van der Waals surface area contributed by atoms with E-state index in [1.165, 1.54) is 15.4 Å². The van der Waals surface area contributed by atoms with Crippen LogP contribution in [0, 0.1) is 6.92 Å². The van der Waals surface area contributed by atoms with E-state index in [2.05, 4.69) is 5.32 Å². The smallest absolute Gasteiger partial charge is 0.308 e. The number of anilines is 1. The minimum atomic E-state index is -0.918. The number of aromatic nitrogens is 2. The molecule has 1 atom stereocenters. The topological polar surface area (TPSA) is 113 Å². The highest BCUT2D eigenvalue weighted by Crippen LogP contribution is 2.34. The summed E-state index contributed by atoms with van der Waals surface area (Å²) in [6.45, 7) is 6.57. The summed E-state index contributed by atoms with van der Waals surface area (Å²) in [5, 5.41) is 2.76. The van der Waals surface area contributed by atoms with Crippen molar-refractivity contribution in [3.63, 3.8) is 0 Å². The molecule has 2 aliphatic rings. The van der Waals surface area contributed by atoms with Crippen LogP contribution in [0.2, 0.25) is 0 Å². The summed E-state index contributed by atoms with van der Waals surface area (Å²) < 4.78 is 6.89. The monoisotopic (exact) mass is 515 g/mol. The number of pyridine rings is 1. The van der Waals surface area contributed by atoms with E-state index < -0.39 is 17.6 Å². The summed E-state index contributed by atoms with van der Waals surface area (Å²) in [5.41, 5.74) is 0.939. The Bertz CT molecular complexity index is 1320. The number of piperazine rings is 1. The van der Waals surface area contributed by atoms with Gasteiger partial charge in [0.1, 0.15) is 21.8 Å². The molecule has 4 heterocycles. The quantitative estimate of drug-likeness (QED) is 0.347. The number of thioether (sulfide) groups is 1. The van der Waals surface area contributed by atoms with Gasteiger partial charge < -0.3 is 15.0 Å². The number of ether oxygens (including phenoxy) is 1. The number of esters is 1. The van der Waals surface area contributed by atoms with Crippen LogP contribution in [-0.4, -0.2) is 68.7 Å². The molecule has 0 aromatic carbocycles. The van der Waals surface area contributed by atoms with Crippen LogP contribution in [0.1, 0.15) is 31.4 Å². The van der Waals surface area contributed by atoms with Gasteiger partial charge in [-0.3, -0.25) is 28.5 Å². The highest BCUT2D eigenvalue weighted by molar-refractivity contribution is 8.26. The lowest BCUT2D eigenvalue weighted by Gasteiger charge is -2.36. The number of nitrogens with one attached hydrogen (secondary N) is 1. The van der Waals surface area contributed by atoms with E-state index in [0.29, 0.717) is 34.5 Å². The molecule has 0 spiro atoms. The van der Waals surface area contributed by atoms with Crippen molar-refractivity contribution in [3.8, 4) is 0 Å². The van der Waals surface area contributed by atoms with Crippen molar-refractivity contribution in [2.45, 2.75) is 33.2 Å². The fourth-order valence-electron chi connectivity index (χ4n) is 4.10. The van der Waals surface area contributed by atoms with Crippen LogP contribution in [-0.2, 0) is 19.1 Å². The van der Waals surface area contributed by atoms with Gasteiger partial charge in [0.05, 0.1) is 23.5 Å². The molecule has 184 valence electrons. The van der Waals surface area contributed by atoms with Crippen LogP contribution < -0.4 is 15.8 Å². The number of rotatable bonds is 6. The lowest BCUT2D eigenvalue weighted by Crippen LogP contribution is -2.57. The van der Waals surface area contributed by atoms with Crippen LogP contribution in [0.25, 0.3) is 11.7 Å². The minimum absolute atomic E-state index is 0.147. The lowest BCUT2D eigenvalue weighted by molar-refractivity contribution is -0.145. The summed E-state index contributed by atoms with van der Waals surface area (Å²) >= 11 is 6.43. The number of likely N-dealkylation sites (N-methyl/N-ethyl adjacent to an activating group) is 1. The maximum atomic E-state index is 13.7. The first-order chi connectivity index (χ1) is 16.8. The zero-order chi connectivity index (χ0) is 25.3. The number of thiocarbonyl (C=S) groups is 1. The third-order valence-electron chi connectivity index (χ3n) is 5.80. The fraction of sp³-hybridized carbons (Fsp3) is 0.391. The number of aryl methyl sites for hydroxylation is 1. The molecule has 10 nitrogen and oxygen atoms in total. The summed E-state index contributed by atoms with van der Waals surface area (Å²) in [6.07, 6.45) is 2.89. The van der Waals surface area contributed by atoms with Crippen molar-refractivity contribution >= 4 is 63.6 Å². The average Bonchev–Trinajstić information content (AvgIpc) is 3.09. The molecule has 0 aliphatic carbocycles. The number of carbonyl (C=O) groups is 3. The Labute approximate surface area is 211 Å². The first-order valence-electron chi connectivity index (χ1n) is 11.2. The Hall–Kier alpha value is -3.25. The van der Waals surface area contributed by atoms with E-state index in [-0.39, 0.29) is 36.2 Å². The zero-order valence-corrected chi connectivity index (χ0v) is 21.2. The number of carbonyl (C=O) groups excluding carboxylic acids is 3. The number of hydrogen-bond donors (Lipinski definition) is 1. The van der Waals surface area contributed by atoms with Crippen LogP contribution in [0.15, 0.2) is 28.0 Å². The van der Waals surface area contributed by atoms with Crippen molar-refractivity contribution in [1.29, 1.82) is 0 Å². The van der Waals surface area contributed by atoms with E-state index in [4.69, 9.17) is 21.9 Å². The van der Waals surface area contributed by atoms with Gasteiger partial charge in [0.15, 0.2) is 0 Å². The second kappa shape index (κ2) is 10.2. The molecule has 2 amide bonds. The molecule has 2 aromatic heterocycles. The zero-order valence-electron chi connectivity index (χ0n) is 19.6. The maximum Gasteiger partial charge on any atom is 0.308 e. The largest absolute Gasteiger partial charge is 0.466 e. The van der Waals surface area contributed by atoms with Crippen molar-refractivity contribution in [2.75, 3.05) is 31.1 Å². The molecule has 2 aromatic rings. The van der Waals surface area contributed by atoms with Crippen LogP contribution >= 0.6 is 24.0 Å². The third kappa shape index (κ3) is 4.67. The number of amides is 2. The van der Waals surface area contributed by atoms with E-state index >= 15 is 0 Å². The summed E-state index contributed by atoms with van der Waals surface area (Å²) in [4.78, 5) is 59.8. The molecule has 0 bridgehead atoms. The Balaban J connectivity index is 1.91. The van der Waals surface area contributed by atoms with Gasteiger partial charge in [-0.05, 0) is 38.5 Å². The maximum absolute atomic E-state index is 13.7. The molecule has 12 heteroatoms. The van der Waals surface area contributed by atoms with Gasteiger partial charge in [-0.25, -0.2) is 4.98 Å². The van der Waals surface area contributed by atoms with E-state index in [1.807, 2.05) is 19.9 Å². The van der Waals surface area contributed by atoms with Crippen molar-refractivity contribution < 1.29 is 19.1 Å². The Kier molecular flexibility index (Phi) is 7.22. The van der Waals surface area contributed by atoms with Gasteiger partial charge in [0, 0.05) is 25.8 Å². The molecule has 1 unspecified atom stereocenters. The van der Waals surface area contributed by atoms with E-state index in [0.717, 1.165) is 17.3 Å². The molecule has 4 rings (SSSR count). The van der Waals surface area contributed by atoms with Gasteiger partial charge in [-0.2, -0.15) is 0 Å². The lowest BCUT2D eigenvalue weighted by atomic mass is 10.1. The molecule has 2 aliphatic heterocycles. The highest BCUT2D eigenvalue weighted by Gasteiger charge is 2.36. The molecule has 1 N–H and O–H groups in total. The first kappa shape index (κ1) is 24.9. The van der Waals surface area contributed by atoms with Crippen LogP contribution in [0.5, 0.6) is 0 Å². The summed E-state index contributed by atoms with van der Waals surface area (Å²) in [5.74, 6) is -0.949. The minimum Gasteiger partial charge on any atom is -0.466 e. The molecule has 0 radical (unpaired) electrons. The molecule has 35 heavy (non-hydrogen) atoms. The fourth-order valence-corrected chi connectivity index (χ4v) is 5.46. The van der Waals surface area contributed by atoms with E-state index in [1.54, 1.807) is 24.1 Å². The number of hydrogen-bond acceptors (Lipinski definition) is 9. The van der Waals surface area contributed by atoms with Gasteiger partial charge >= 0.3 is 5.97 Å². The average molecular weight is 516 g/mol. The van der Waals surface area contributed by atoms with Gasteiger partial charge in [0.25, 0.3) is 11.5 Å². The van der Waals surface area contributed by atoms with Crippen molar-refractivity contribution in [2.24, 2.45) is 0 Å². The highest BCUT2D eigenvalue weighted by atomic mass is 32.2. The molecule has 2 fully saturated rings. The van der Waals surface area contributed by atoms with E-state index in [9.17, 15) is 19.2 Å². The predicted octanol–water partition coefficient (Wildman–Crippen LogP) is 1.48. The van der Waals surface area contributed by atoms with Crippen molar-refractivity contribution in [3.05, 3.63) is 44.7 Å². The van der Waals surface area contributed by atoms with Crippen LogP contribution in [0.3, 0.4) is 0 Å². The second-order valence-electron chi connectivity index (χ2n) is 7.97. The van der Waals surface area contributed by atoms with Crippen LogP contribution in [0.4, 0.5) is 5.82 Å². The standard InChI is InChI=1S/C23H25N5O5S2/c1-4-26-22(32)16(35-23(26)34)11-14-19(25-18-13(3)7-6-9-28(18)21(14)31)27-10-8-24-20(30)15(27)12-17(29)33-5-2/h6-7,9,11,15H,4-5,8,10,12H2,1-3H3,(H,24,30)/b16-11-.